The van der Waals surface area contributed by atoms with Crippen molar-refractivity contribution in [3.63, 3.8) is 0 Å². The molecule has 13 heavy (non-hydrogen) atoms. The van der Waals surface area contributed by atoms with Gasteiger partial charge in [0.25, 0.3) is 0 Å². The summed E-state index contributed by atoms with van der Waals surface area (Å²) in [5.41, 5.74) is 0. The van der Waals surface area contributed by atoms with E-state index in [4.69, 9.17) is 0 Å². The second-order valence-electron chi connectivity index (χ2n) is 4.09. The van der Waals surface area contributed by atoms with Gasteiger partial charge in [-0.1, -0.05) is 13.8 Å². The number of hydrogen-bond acceptors (Lipinski definition) is 2. The van der Waals surface area contributed by atoms with Crippen molar-refractivity contribution in [2.45, 2.75) is 26.7 Å². The molecule has 0 bridgehead atoms. The lowest BCUT2D eigenvalue weighted by molar-refractivity contribution is -0.123. The first-order valence-electron chi connectivity index (χ1n) is 5.18. The van der Waals surface area contributed by atoms with Gasteiger partial charge in [-0.2, -0.15) is 0 Å². The van der Waals surface area contributed by atoms with Crippen molar-refractivity contribution in [1.82, 2.24) is 10.6 Å². The largest absolute Gasteiger partial charge is 0.355 e. The number of rotatable bonds is 6. The third-order valence-corrected chi connectivity index (χ3v) is 2.26. The fourth-order valence-electron chi connectivity index (χ4n) is 1.11. The predicted octanol–water partition coefficient (Wildman–Crippen LogP) is 0.758. The maximum Gasteiger partial charge on any atom is 0.222 e. The molecule has 0 aliphatic heterocycles. The van der Waals surface area contributed by atoms with Gasteiger partial charge < -0.3 is 10.6 Å². The first kappa shape index (κ1) is 10.5. The zero-order valence-electron chi connectivity index (χ0n) is 8.60. The average molecular weight is 184 g/mol. The van der Waals surface area contributed by atoms with E-state index in [9.17, 15) is 4.79 Å². The Morgan fingerprint density at radius 1 is 1.38 bits per heavy atom. The smallest absolute Gasteiger partial charge is 0.222 e. The number of carbonyl (C=O) groups excluding carboxylic acids is 1. The van der Waals surface area contributed by atoms with Crippen LogP contribution in [0, 0.1) is 11.8 Å². The highest BCUT2D eigenvalue weighted by Crippen LogP contribution is 2.27. The highest BCUT2D eigenvalue weighted by Gasteiger charge is 2.19. The van der Waals surface area contributed by atoms with Crippen LogP contribution < -0.4 is 10.6 Å². The first-order valence-corrected chi connectivity index (χ1v) is 5.18. The van der Waals surface area contributed by atoms with E-state index in [-0.39, 0.29) is 11.8 Å². The summed E-state index contributed by atoms with van der Waals surface area (Å²) in [6.07, 6.45) is 2.76. The summed E-state index contributed by atoms with van der Waals surface area (Å²) in [4.78, 5) is 11.1. The van der Waals surface area contributed by atoms with E-state index in [2.05, 4.69) is 10.6 Å². The second kappa shape index (κ2) is 5.22. The van der Waals surface area contributed by atoms with Gasteiger partial charge in [0.15, 0.2) is 0 Å². The summed E-state index contributed by atoms with van der Waals surface area (Å²) in [6, 6.07) is 0. The molecule has 0 heterocycles. The maximum atomic E-state index is 11.1. The normalized spacial score (nSPS) is 16.2. The zero-order valence-corrected chi connectivity index (χ0v) is 8.60. The van der Waals surface area contributed by atoms with Gasteiger partial charge >= 0.3 is 0 Å². The highest BCUT2D eigenvalue weighted by atomic mass is 16.1. The Bertz CT molecular complexity index is 164. The molecular weight excluding hydrogens is 164 g/mol. The Balaban J connectivity index is 1.85. The number of hydrogen-bond donors (Lipinski definition) is 2. The lowest BCUT2D eigenvalue weighted by Gasteiger charge is -2.07. The molecule has 0 saturated heterocycles. The number of nitrogens with one attached hydrogen (secondary N) is 2. The molecule has 3 nitrogen and oxygen atoms in total. The zero-order chi connectivity index (χ0) is 9.68. The van der Waals surface area contributed by atoms with Crippen molar-refractivity contribution in [2.75, 3.05) is 19.6 Å². The summed E-state index contributed by atoms with van der Waals surface area (Å²) >= 11 is 0. The molecule has 1 aliphatic carbocycles. The van der Waals surface area contributed by atoms with Crippen LogP contribution in [0.5, 0.6) is 0 Å². The van der Waals surface area contributed by atoms with Gasteiger partial charge in [-0.15, -0.1) is 0 Å². The lowest BCUT2D eigenvalue weighted by Crippen LogP contribution is -2.34. The van der Waals surface area contributed by atoms with Crippen molar-refractivity contribution in [2.24, 2.45) is 11.8 Å². The van der Waals surface area contributed by atoms with Crippen molar-refractivity contribution < 1.29 is 4.79 Å². The third-order valence-electron chi connectivity index (χ3n) is 2.26. The minimum Gasteiger partial charge on any atom is -0.355 e. The van der Waals surface area contributed by atoms with Crippen molar-refractivity contribution in [3.8, 4) is 0 Å². The summed E-state index contributed by atoms with van der Waals surface area (Å²) in [7, 11) is 0. The Morgan fingerprint density at radius 3 is 2.62 bits per heavy atom. The molecular formula is C10H20N2O. The molecule has 1 fully saturated rings. The molecule has 2 N–H and O–H groups in total. The van der Waals surface area contributed by atoms with E-state index >= 15 is 0 Å². The molecule has 0 spiro atoms. The molecule has 0 aromatic heterocycles. The molecule has 1 aliphatic rings. The average Bonchev–Trinajstić information content (AvgIpc) is 2.87. The van der Waals surface area contributed by atoms with Gasteiger partial charge in [-0.05, 0) is 25.3 Å². The second-order valence-corrected chi connectivity index (χ2v) is 4.09. The van der Waals surface area contributed by atoms with Gasteiger partial charge in [-0.3, -0.25) is 4.79 Å². The summed E-state index contributed by atoms with van der Waals surface area (Å²) in [5, 5.41) is 6.20. The van der Waals surface area contributed by atoms with Crippen LogP contribution in [0.1, 0.15) is 26.7 Å². The Kier molecular flexibility index (Phi) is 4.22. The molecule has 0 aromatic rings. The lowest BCUT2D eigenvalue weighted by atomic mass is 10.2. The minimum atomic E-state index is 0.100. The quantitative estimate of drug-likeness (QED) is 0.598. The number of carbonyl (C=O) groups is 1. The maximum absolute atomic E-state index is 11.1. The summed E-state index contributed by atoms with van der Waals surface area (Å²) in [6.45, 7) is 6.59. The Labute approximate surface area is 80.3 Å². The molecule has 76 valence electrons. The SMILES string of the molecule is CC(C)C(=O)NCCNCC1CC1. The van der Waals surface area contributed by atoms with Gasteiger partial charge in [0.05, 0.1) is 0 Å². The molecule has 1 amide bonds. The van der Waals surface area contributed by atoms with Gasteiger partial charge in [0.2, 0.25) is 5.91 Å². The van der Waals surface area contributed by atoms with Crippen LogP contribution in [-0.2, 0) is 4.79 Å². The van der Waals surface area contributed by atoms with E-state index in [0.29, 0.717) is 0 Å². The van der Waals surface area contributed by atoms with E-state index < -0.39 is 0 Å². The molecule has 0 radical (unpaired) electrons. The van der Waals surface area contributed by atoms with E-state index in [0.717, 1.165) is 25.6 Å². The minimum absolute atomic E-state index is 0.100. The third kappa shape index (κ3) is 4.88. The molecule has 0 atom stereocenters. The Morgan fingerprint density at radius 2 is 2.08 bits per heavy atom. The standard InChI is InChI=1S/C10H20N2O/c1-8(2)10(13)12-6-5-11-7-9-3-4-9/h8-9,11H,3-7H2,1-2H3,(H,12,13). The molecule has 3 heteroatoms. The predicted molar refractivity (Wildman–Crippen MR) is 53.4 cm³/mol. The summed E-state index contributed by atoms with van der Waals surface area (Å²) in [5.74, 6) is 1.16. The van der Waals surface area contributed by atoms with E-state index in [1.807, 2.05) is 13.8 Å². The summed E-state index contributed by atoms with van der Waals surface area (Å²) < 4.78 is 0. The van der Waals surface area contributed by atoms with Crippen molar-refractivity contribution in [3.05, 3.63) is 0 Å². The fraction of sp³-hybridized carbons (Fsp3) is 0.900. The fourth-order valence-corrected chi connectivity index (χ4v) is 1.11. The Hall–Kier alpha value is -0.570. The molecule has 0 aromatic carbocycles. The van der Waals surface area contributed by atoms with Gasteiger partial charge in [-0.25, -0.2) is 0 Å². The molecule has 1 rings (SSSR count). The van der Waals surface area contributed by atoms with Crippen molar-refractivity contribution >= 4 is 5.91 Å². The highest BCUT2D eigenvalue weighted by molar-refractivity contribution is 5.77. The molecule has 1 saturated carbocycles. The number of amides is 1. The van der Waals surface area contributed by atoms with Crippen LogP contribution in [0.3, 0.4) is 0 Å². The van der Waals surface area contributed by atoms with Crippen LogP contribution in [0.25, 0.3) is 0 Å². The van der Waals surface area contributed by atoms with Crippen LogP contribution >= 0.6 is 0 Å². The van der Waals surface area contributed by atoms with E-state index in [1.54, 1.807) is 0 Å². The topological polar surface area (TPSA) is 41.1 Å². The van der Waals surface area contributed by atoms with Gasteiger partial charge in [0, 0.05) is 19.0 Å². The first-order chi connectivity index (χ1) is 6.20. The van der Waals surface area contributed by atoms with Crippen LogP contribution in [0.4, 0.5) is 0 Å². The monoisotopic (exact) mass is 184 g/mol. The van der Waals surface area contributed by atoms with Crippen LogP contribution in [-0.4, -0.2) is 25.5 Å². The van der Waals surface area contributed by atoms with Crippen LogP contribution in [0.15, 0.2) is 0 Å². The van der Waals surface area contributed by atoms with Crippen LogP contribution in [0.2, 0.25) is 0 Å². The molecule has 0 unspecified atom stereocenters. The van der Waals surface area contributed by atoms with E-state index in [1.165, 1.54) is 12.8 Å². The van der Waals surface area contributed by atoms with Gasteiger partial charge in [0.1, 0.15) is 0 Å². The van der Waals surface area contributed by atoms with Crippen molar-refractivity contribution in [1.29, 1.82) is 0 Å².